The van der Waals surface area contributed by atoms with Gasteiger partial charge in [0.05, 0.1) is 6.42 Å². The number of hydrogen-bond acceptors (Lipinski definition) is 1. The van der Waals surface area contributed by atoms with Crippen LogP contribution in [0.1, 0.15) is 20.3 Å². The van der Waals surface area contributed by atoms with Crippen LogP contribution in [0, 0.1) is 0 Å². The third kappa shape index (κ3) is 5.79. The van der Waals surface area contributed by atoms with Gasteiger partial charge in [0.1, 0.15) is 6.10 Å². The van der Waals surface area contributed by atoms with Gasteiger partial charge in [-0.15, -0.1) is 0 Å². The topological polar surface area (TPSA) is 9.23 Å². The zero-order valence-corrected chi connectivity index (χ0v) is 7.29. The van der Waals surface area contributed by atoms with Gasteiger partial charge in [-0.25, -0.2) is 8.78 Å². The lowest BCUT2D eigenvalue weighted by atomic mass is 10.1. The monoisotopic (exact) mass is 206 g/mol. The van der Waals surface area contributed by atoms with Crippen molar-refractivity contribution in [2.75, 3.05) is 6.61 Å². The minimum Gasteiger partial charge on any atom is -0.372 e. The van der Waals surface area contributed by atoms with Gasteiger partial charge in [-0.3, -0.25) is 0 Å². The summed E-state index contributed by atoms with van der Waals surface area (Å²) in [4.78, 5) is 0. The van der Waals surface area contributed by atoms with E-state index >= 15 is 0 Å². The van der Waals surface area contributed by atoms with Crippen molar-refractivity contribution in [3.63, 3.8) is 0 Å². The highest BCUT2D eigenvalue weighted by Crippen LogP contribution is 2.31. The van der Waals surface area contributed by atoms with Crippen molar-refractivity contribution >= 4 is 0 Å². The van der Waals surface area contributed by atoms with Gasteiger partial charge in [-0.2, -0.15) is 13.2 Å². The molecule has 0 aliphatic heterocycles. The Morgan fingerprint density at radius 1 is 1.15 bits per heavy atom. The fraction of sp³-hybridized carbons (Fsp3) is 1.00. The Morgan fingerprint density at radius 2 is 1.62 bits per heavy atom. The van der Waals surface area contributed by atoms with E-state index in [1.807, 2.05) is 0 Å². The zero-order valence-electron chi connectivity index (χ0n) is 7.29. The van der Waals surface area contributed by atoms with E-state index in [2.05, 4.69) is 4.74 Å². The van der Waals surface area contributed by atoms with E-state index in [1.54, 1.807) is 0 Å². The molecule has 0 saturated carbocycles. The molecule has 0 amide bonds. The van der Waals surface area contributed by atoms with Crippen LogP contribution in [-0.4, -0.2) is 24.8 Å². The maximum atomic E-state index is 12.5. The Morgan fingerprint density at radius 3 is 1.85 bits per heavy atom. The molecule has 0 radical (unpaired) electrons. The fourth-order valence-corrected chi connectivity index (χ4v) is 0.796. The smallest absolute Gasteiger partial charge is 0.372 e. The molecule has 1 nitrogen and oxygen atoms in total. The molecule has 0 aliphatic carbocycles. The maximum Gasteiger partial charge on any atom is 0.391 e. The highest BCUT2D eigenvalue weighted by molar-refractivity contribution is 4.75. The molecule has 0 aromatic heterocycles. The summed E-state index contributed by atoms with van der Waals surface area (Å²) >= 11 is 0. The molecule has 0 saturated heterocycles. The number of hydrogen-bond donors (Lipinski definition) is 0. The van der Waals surface area contributed by atoms with Crippen molar-refractivity contribution in [3.05, 3.63) is 0 Å². The minimum atomic E-state index is -4.63. The molecule has 0 heterocycles. The predicted octanol–water partition coefficient (Wildman–Crippen LogP) is 3.00. The third-order valence-corrected chi connectivity index (χ3v) is 1.35. The van der Waals surface area contributed by atoms with E-state index in [0.717, 1.165) is 0 Å². The predicted molar refractivity (Wildman–Crippen MR) is 36.7 cm³/mol. The summed E-state index contributed by atoms with van der Waals surface area (Å²) in [5.41, 5.74) is 0. The molecule has 0 bridgehead atoms. The average Bonchev–Trinajstić information content (AvgIpc) is 1.81. The lowest BCUT2D eigenvalue weighted by Crippen LogP contribution is -2.37. The summed E-state index contributed by atoms with van der Waals surface area (Å²) in [6.45, 7) is 1.62. The summed E-state index contributed by atoms with van der Waals surface area (Å²) in [6, 6.07) is 0. The van der Waals surface area contributed by atoms with Gasteiger partial charge < -0.3 is 4.74 Å². The lowest BCUT2D eigenvalue weighted by molar-refractivity contribution is -0.202. The first kappa shape index (κ1) is 12.6. The molecular weight excluding hydrogens is 195 g/mol. The van der Waals surface area contributed by atoms with Gasteiger partial charge in [-0.1, -0.05) is 0 Å². The molecule has 0 aromatic rings. The average molecular weight is 206 g/mol. The van der Waals surface area contributed by atoms with Gasteiger partial charge in [0.15, 0.2) is 0 Å². The summed E-state index contributed by atoms with van der Waals surface area (Å²) in [5, 5.41) is 0. The molecule has 0 spiro atoms. The standard InChI is InChI=1S/C7H11F5O/c1-3-13-5(6(2,8)9)4-7(10,11)12/h5H,3-4H2,1-2H3. The maximum absolute atomic E-state index is 12.5. The molecule has 1 atom stereocenters. The number of halogens is 5. The SMILES string of the molecule is CCOC(CC(F)(F)F)C(C)(F)F. The van der Waals surface area contributed by atoms with E-state index in [4.69, 9.17) is 0 Å². The van der Waals surface area contributed by atoms with Crippen LogP contribution in [-0.2, 0) is 4.74 Å². The van der Waals surface area contributed by atoms with E-state index < -0.39 is 24.6 Å². The number of alkyl halides is 5. The van der Waals surface area contributed by atoms with Crippen LogP contribution >= 0.6 is 0 Å². The minimum absolute atomic E-state index is 0.163. The van der Waals surface area contributed by atoms with E-state index in [0.29, 0.717) is 6.92 Å². The molecule has 0 N–H and O–H groups in total. The van der Waals surface area contributed by atoms with Crippen LogP contribution < -0.4 is 0 Å². The summed E-state index contributed by atoms with van der Waals surface area (Å²) in [5.74, 6) is -3.47. The summed E-state index contributed by atoms with van der Waals surface area (Å²) in [6.07, 6.45) is -8.33. The van der Waals surface area contributed by atoms with Gasteiger partial charge in [0.25, 0.3) is 5.92 Å². The first-order valence-electron chi connectivity index (χ1n) is 3.73. The van der Waals surface area contributed by atoms with Crippen molar-refractivity contribution in [1.29, 1.82) is 0 Å². The quantitative estimate of drug-likeness (QED) is 0.642. The van der Waals surface area contributed by atoms with Crippen molar-refractivity contribution in [2.24, 2.45) is 0 Å². The molecule has 0 aliphatic rings. The van der Waals surface area contributed by atoms with Crippen LogP contribution in [0.2, 0.25) is 0 Å². The Bertz CT molecular complexity index is 148. The Balaban J connectivity index is 4.27. The molecule has 0 fully saturated rings. The van der Waals surface area contributed by atoms with E-state index in [9.17, 15) is 22.0 Å². The van der Waals surface area contributed by atoms with Crippen LogP contribution in [0.25, 0.3) is 0 Å². The van der Waals surface area contributed by atoms with Crippen molar-refractivity contribution < 1.29 is 26.7 Å². The summed E-state index contributed by atoms with van der Waals surface area (Å²) < 4.78 is 64.5. The van der Waals surface area contributed by atoms with Crippen molar-refractivity contribution in [1.82, 2.24) is 0 Å². The van der Waals surface area contributed by atoms with Gasteiger partial charge in [0.2, 0.25) is 0 Å². The largest absolute Gasteiger partial charge is 0.391 e. The molecule has 80 valence electrons. The van der Waals surface area contributed by atoms with Crippen molar-refractivity contribution in [2.45, 2.75) is 38.5 Å². The number of ether oxygens (including phenoxy) is 1. The lowest BCUT2D eigenvalue weighted by Gasteiger charge is -2.24. The first-order valence-corrected chi connectivity index (χ1v) is 3.73. The molecule has 0 rings (SSSR count). The van der Waals surface area contributed by atoms with Gasteiger partial charge in [-0.05, 0) is 6.92 Å². The Hall–Kier alpha value is -0.390. The zero-order chi connectivity index (χ0) is 10.7. The second kappa shape index (κ2) is 4.21. The summed E-state index contributed by atoms with van der Waals surface area (Å²) in [7, 11) is 0. The number of rotatable bonds is 4. The fourth-order valence-electron chi connectivity index (χ4n) is 0.796. The van der Waals surface area contributed by atoms with E-state index in [1.165, 1.54) is 6.92 Å². The third-order valence-electron chi connectivity index (χ3n) is 1.35. The first-order chi connectivity index (χ1) is 5.67. The molecular formula is C7H11F5O. The van der Waals surface area contributed by atoms with Crippen LogP contribution in [0.5, 0.6) is 0 Å². The molecule has 13 heavy (non-hydrogen) atoms. The molecule has 6 heteroatoms. The normalized spacial score (nSPS) is 15.9. The second-order valence-corrected chi connectivity index (χ2v) is 2.72. The van der Waals surface area contributed by atoms with Crippen LogP contribution in [0.15, 0.2) is 0 Å². The van der Waals surface area contributed by atoms with Crippen molar-refractivity contribution in [3.8, 4) is 0 Å². The van der Waals surface area contributed by atoms with Gasteiger partial charge in [0, 0.05) is 13.5 Å². The molecule has 0 aromatic carbocycles. The second-order valence-electron chi connectivity index (χ2n) is 2.72. The Kier molecular flexibility index (Phi) is 4.09. The van der Waals surface area contributed by atoms with E-state index in [-0.39, 0.29) is 6.61 Å². The molecule has 1 unspecified atom stereocenters. The van der Waals surface area contributed by atoms with Gasteiger partial charge >= 0.3 is 6.18 Å². The van der Waals surface area contributed by atoms with Crippen LogP contribution in [0.4, 0.5) is 22.0 Å². The highest BCUT2D eigenvalue weighted by atomic mass is 19.4. The highest BCUT2D eigenvalue weighted by Gasteiger charge is 2.43. The van der Waals surface area contributed by atoms with Crippen LogP contribution in [0.3, 0.4) is 0 Å². The Labute approximate surface area is 72.9 Å².